The molecular formula is C23H28FNO4. The van der Waals surface area contributed by atoms with Gasteiger partial charge in [0.2, 0.25) is 0 Å². The quantitative estimate of drug-likeness (QED) is 0.783. The molecule has 5 nitrogen and oxygen atoms in total. The van der Waals surface area contributed by atoms with E-state index in [9.17, 15) is 14.3 Å². The number of halogens is 1. The second-order valence-electron chi connectivity index (χ2n) is 8.32. The maximum Gasteiger partial charge on any atom is 0.411 e. The summed E-state index contributed by atoms with van der Waals surface area (Å²) in [5.41, 5.74) is 0.711. The second-order valence-corrected chi connectivity index (χ2v) is 8.32. The summed E-state index contributed by atoms with van der Waals surface area (Å²) < 4.78 is 24.5. The molecule has 3 atom stereocenters. The maximum atomic E-state index is 13.7. The SMILES string of the molecule is COc1ccc([C@H]2CC[C@H]([C@@H](O)c3cccc(F)c3)N2C(=O)OC(C)(C)C)cc1. The molecule has 1 saturated heterocycles. The predicted octanol–water partition coefficient (Wildman–Crippen LogP) is 5.01. The number of nitrogens with zero attached hydrogens (tertiary/aromatic N) is 1. The Hall–Kier alpha value is -2.60. The third kappa shape index (κ3) is 4.88. The number of aliphatic hydroxyl groups excluding tert-OH is 1. The molecule has 2 aromatic rings. The topological polar surface area (TPSA) is 59.0 Å². The van der Waals surface area contributed by atoms with Crippen LogP contribution in [0, 0.1) is 5.82 Å². The first-order valence-electron chi connectivity index (χ1n) is 9.78. The van der Waals surface area contributed by atoms with Gasteiger partial charge in [-0.25, -0.2) is 9.18 Å². The largest absolute Gasteiger partial charge is 0.497 e. The van der Waals surface area contributed by atoms with Crippen molar-refractivity contribution < 1.29 is 23.8 Å². The van der Waals surface area contributed by atoms with Crippen LogP contribution in [0.25, 0.3) is 0 Å². The fraction of sp³-hybridized carbons (Fsp3) is 0.435. The van der Waals surface area contributed by atoms with Gasteiger partial charge in [-0.05, 0) is 69.0 Å². The van der Waals surface area contributed by atoms with Crippen LogP contribution in [-0.4, -0.2) is 34.9 Å². The van der Waals surface area contributed by atoms with Crippen LogP contribution in [0.3, 0.4) is 0 Å². The van der Waals surface area contributed by atoms with E-state index in [-0.39, 0.29) is 6.04 Å². The van der Waals surface area contributed by atoms with Crippen molar-refractivity contribution in [3.05, 3.63) is 65.5 Å². The van der Waals surface area contributed by atoms with Crippen LogP contribution in [0.5, 0.6) is 5.75 Å². The van der Waals surface area contributed by atoms with Gasteiger partial charge in [-0.1, -0.05) is 24.3 Å². The summed E-state index contributed by atoms with van der Waals surface area (Å²) >= 11 is 0. The fourth-order valence-electron chi connectivity index (χ4n) is 3.79. The molecular weight excluding hydrogens is 373 g/mol. The molecule has 0 spiro atoms. The number of hydrogen-bond donors (Lipinski definition) is 1. The van der Waals surface area contributed by atoms with Crippen LogP contribution in [-0.2, 0) is 4.74 Å². The van der Waals surface area contributed by atoms with E-state index in [0.717, 1.165) is 11.3 Å². The van der Waals surface area contributed by atoms with E-state index in [4.69, 9.17) is 9.47 Å². The van der Waals surface area contributed by atoms with Crippen molar-refractivity contribution >= 4 is 6.09 Å². The van der Waals surface area contributed by atoms with Crippen LogP contribution < -0.4 is 4.74 Å². The molecule has 0 aromatic heterocycles. The summed E-state index contributed by atoms with van der Waals surface area (Å²) in [5.74, 6) is 0.307. The third-order valence-corrected chi connectivity index (χ3v) is 5.09. The molecule has 3 rings (SSSR count). The fourth-order valence-corrected chi connectivity index (χ4v) is 3.79. The van der Waals surface area contributed by atoms with Crippen molar-refractivity contribution in [1.29, 1.82) is 0 Å². The lowest BCUT2D eigenvalue weighted by Crippen LogP contribution is -2.43. The number of likely N-dealkylation sites (tertiary alicyclic amines) is 1. The average Bonchev–Trinajstić information content (AvgIpc) is 3.11. The second kappa shape index (κ2) is 8.41. The highest BCUT2D eigenvalue weighted by Gasteiger charge is 2.43. The van der Waals surface area contributed by atoms with Gasteiger partial charge >= 0.3 is 6.09 Å². The number of rotatable bonds is 4. The van der Waals surface area contributed by atoms with Gasteiger partial charge < -0.3 is 14.6 Å². The van der Waals surface area contributed by atoms with E-state index in [1.807, 2.05) is 24.3 Å². The van der Waals surface area contributed by atoms with E-state index >= 15 is 0 Å². The Labute approximate surface area is 171 Å². The summed E-state index contributed by atoms with van der Waals surface area (Å²) in [7, 11) is 1.60. The van der Waals surface area contributed by atoms with Crippen molar-refractivity contribution in [2.24, 2.45) is 0 Å². The Kier molecular flexibility index (Phi) is 6.13. The Morgan fingerprint density at radius 1 is 1.17 bits per heavy atom. The number of benzene rings is 2. The normalized spacial score (nSPS) is 20.4. The molecule has 29 heavy (non-hydrogen) atoms. The lowest BCUT2D eigenvalue weighted by Gasteiger charge is -2.35. The van der Waals surface area contributed by atoms with Crippen molar-refractivity contribution in [3.8, 4) is 5.75 Å². The Morgan fingerprint density at radius 3 is 2.45 bits per heavy atom. The van der Waals surface area contributed by atoms with Gasteiger partial charge in [0.05, 0.1) is 25.3 Å². The Balaban J connectivity index is 1.93. The molecule has 1 aliphatic heterocycles. The Bertz CT molecular complexity index is 847. The lowest BCUT2D eigenvalue weighted by atomic mass is 10.0. The zero-order valence-corrected chi connectivity index (χ0v) is 17.3. The highest BCUT2D eigenvalue weighted by molar-refractivity contribution is 5.70. The summed E-state index contributed by atoms with van der Waals surface area (Å²) in [6.07, 6.45) is -0.256. The number of aliphatic hydroxyl groups is 1. The van der Waals surface area contributed by atoms with Crippen LogP contribution in [0.1, 0.15) is 56.9 Å². The summed E-state index contributed by atoms with van der Waals surface area (Å²) in [6, 6.07) is 12.6. The van der Waals surface area contributed by atoms with Gasteiger partial charge in [-0.15, -0.1) is 0 Å². The molecule has 2 aromatic carbocycles. The van der Waals surface area contributed by atoms with Gasteiger partial charge in [0.25, 0.3) is 0 Å². The minimum atomic E-state index is -1.01. The number of hydrogen-bond acceptors (Lipinski definition) is 4. The zero-order valence-electron chi connectivity index (χ0n) is 17.3. The van der Waals surface area contributed by atoms with Crippen LogP contribution in [0.15, 0.2) is 48.5 Å². The summed E-state index contributed by atoms with van der Waals surface area (Å²) in [5, 5.41) is 11.0. The van der Waals surface area contributed by atoms with Crippen molar-refractivity contribution in [1.82, 2.24) is 4.90 Å². The first-order chi connectivity index (χ1) is 13.7. The van der Waals surface area contributed by atoms with Crippen LogP contribution >= 0.6 is 0 Å². The molecule has 0 saturated carbocycles. The molecule has 1 amide bonds. The number of carbonyl (C=O) groups is 1. The first-order valence-corrected chi connectivity index (χ1v) is 9.78. The zero-order chi connectivity index (χ0) is 21.2. The highest BCUT2D eigenvalue weighted by atomic mass is 19.1. The smallest absolute Gasteiger partial charge is 0.411 e. The number of ether oxygens (including phenoxy) is 2. The van der Waals surface area contributed by atoms with Gasteiger partial charge in [-0.2, -0.15) is 0 Å². The molecule has 0 radical (unpaired) electrons. The van der Waals surface area contributed by atoms with Crippen molar-refractivity contribution in [2.45, 2.75) is 57.4 Å². The third-order valence-electron chi connectivity index (χ3n) is 5.09. The van der Waals surface area contributed by atoms with E-state index in [1.165, 1.54) is 12.1 Å². The molecule has 6 heteroatoms. The molecule has 0 unspecified atom stereocenters. The number of methoxy groups -OCH3 is 1. The molecule has 1 aliphatic rings. The first kappa shape index (κ1) is 21.1. The van der Waals surface area contributed by atoms with Gasteiger partial charge in [-0.3, -0.25) is 4.90 Å². The van der Waals surface area contributed by atoms with E-state index in [2.05, 4.69) is 0 Å². The van der Waals surface area contributed by atoms with Crippen LogP contribution in [0.4, 0.5) is 9.18 Å². The summed E-state index contributed by atoms with van der Waals surface area (Å²) in [6.45, 7) is 5.42. The van der Waals surface area contributed by atoms with Crippen molar-refractivity contribution in [2.75, 3.05) is 7.11 Å². The van der Waals surface area contributed by atoms with Gasteiger partial charge in [0, 0.05) is 0 Å². The van der Waals surface area contributed by atoms with E-state index < -0.39 is 29.7 Å². The number of carbonyl (C=O) groups excluding carboxylic acids is 1. The standard InChI is InChI=1S/C23H28FNO4/c1-23(2,3)29-22(27)25-19(15-8-10-18(28-4)11-9-15)12-13-20(25)21(26)16-6-5-7-17(24)14-16/h5-11,14,19-21,26H,12-13H2,1-4H3/t19-,20-,21+/m1/s1. The molecule has 156 valence electrons. The maximum absolute atomic E-state index is 13.7. The molecule has 1 fully saturated rings. The average molecular weight is 401 g/mol. The predicted molar refractivity (Wildman–Crippen MR) is 108 cm³/mol. The molecule has 1 heterocycles. The minimum absolute atomic E-state index is 0.246. The van der Waals surface area contributed by atoms with E-state index in [1.54, 1.807) is 44.9 Å². The van der Waals surface area contributed by atoms with Crippen LogP contribution in [0.2, 0.25) is 0 Å². The van der Waals surface area contributed by atoms with Crippen molar-refractivity contribution in [3.63, 3.8) is 0 Å². The molecule has 1 N–H and O–H groups in total. The van der Waals surface area contributed by atoms with E-state index in [0.29, 0.717) is 18.4 Å². The molecule has 0 bridgehead atoms. The highest BCUT2D eigenvalue weighted by Crippen LogP contribution is 2.42. The van der Waals surface area contributed by atoms with Gasteiger partial charge in [0.15, 0.2) is 0 Å². The minimum Gasteiger partial charge on any atom is -0.497 e. The molecule has 0 aliphatic carbocycles. The van der Waals surface area contributed by atoms with Gasteiger partial charge in [0.1, 0.15) is 17.2 Å². The summed E-state index contributed by atoms with van der Waals surface area (Å²) in [4.78, 5) is 14.7. The number of amides is 1. The monoisotopic (exact) mass is 401 g/mol. The Morgan fingerprint density at radius 2 is 1.86 bits per heavy atom. The lowest BCUT2D eigenvalue weighted by molar-refractivity contribution is -0.00494.